The van der Waals surface area contributed by atoms with Crippen molar-refractivity contribution >= 4 is 17.3 Å². The van der Waals surface area contributed by atoms with Crippen LogP contribution in [-0.4, -0.2) is 17.3 Å². The summed E-state index contributed by atoms with van der Waals surface area (Å²) in [5, 5.41) is 18.8. The van der Waals surface area contributed by atoms with Gasteiger partial charge in [0.25, 0.3) is 0 Å². The minimum Gasteiger partial charge on any atom is -0.503 e. The maximum absolute atomic E-state index is 9.37. The SMILES string of the molecule is COc1c(C)c(Cl)c(N)c(O)c1O. The van der Waals surface area contributed by atoms with E-state index in [1.807, 2.05) is 0 Å². The fourth-order valence-corrected chi connectivity index (χ4v) is 1.24. The van der Waals surface area contributed by atoms with Crippen molar-refractivity contribution in [2.75, 3.05) is 12.8 Å². The summed E-state index contributed by atoms with van der Waals surface area (Å²) in [6.07, 6.45) is 0. The van der Waals surface area contributed by atoms with Crippen molar-refractivity contribution in [2.24, 2.45) is 0 Å². The highest BCUT2D eigenvalue weighted by Gasteiger charge is 2.18. The van der Waals surface area contributed by atoms with Gasteiger partial charge in [-0.1, -0.05) is 11.6 Å². The predicted molar refractivity (Wildman–Crippen MR) is 50.5 cm³/mol. The van der Waals surface area contributed by atoms with E-state index in [1.54, 1.807) is 6.92 Å². The van der Waals surface area contributed by atoms with Crippen LogP contribution in [0.3, 0.4) is 0 Å². The molecule has 0 atom stereocenters. The van der Waals surface area contributed by atoms with Crippen molar-refractivity contribution in [3.05, 3.63) is 10.6 Å². The van der Waals surface area contributed by atoms with Gasteiger partial charge in [-0.15, -0.1) is 0 Å². The molecule has 0 unspecified atom stereocenters. The number of benzene rings is 1. The lowest BCUT2D eigenvalue weighted by Crippen LogP contribution is -1.95. The maximum atomic E-state index is 9.37. The first-order chi connectivity index (χ1) is 6.00. The summed E-state index contributed by atoms with van der Waals surface area (Å²) in [5.74, 6) is -0.703. The van der Waals surface area contributed by atoms with Gasteiger partial charge in [0, 0.05) is 5.56 Å². The van der Waals surface area contributed by atoms with Crippen LogP contribution in [0, 0.1) is 6.92 Å². The van der Waals surface area contributed by atoms with Crippen molar-refractivity contribution < 1.29 is 14.9 Å². The first-order valence-corrected chi connectivity index (χ1v) is 3.92. The van der Waals surface area contributed by atoms with Gasteiger partial charge in [0.1, 0.15) is 0 Å². The van der Waals surface area contributed by atoms with Crippen molar-refractivity contribution in [2.45, 2.75) is 6.92 Å². The number of nitrogens with two attached hydrogens (primary N) is 1. The van der Waals surface area contributed by atoms with E-state index < -0.39 is 5.75 Å². The second-order valence-electron chi connectivity index (χ2n) is 2.58. The topological polar surface area (TPSA) is 75.7 Å². The molecule has 0 aliphatic rings. The molecule has 1 aromatic rings. The largest absolute Gasteiger partial charge is 0.503 e. The molecule has 0 heterocycles. The van der Waals surface area contributed by atoms with E-state index >= 15 is 0 Å². The number of ether oxygens (including phenoxy) is 1. The maximum Gasteiger partial charge on any atom is 0.203 e. The Bertz CT molecular complexity index is 323. The summed E-state index contributed by atoms with van der Waals surface area (Å²) in [6, 6.07) is 0. The normalized spacial score (nSPS) is 10.1. The Labute approximate surface area is 80.5 Å². The van der Waals surface area contributed by atoms with E-state index in [1.165, 1.54) is 7.11 Å². The van der Waals surface area contributed by atoms with Gasteiger partial charge < -0.3 is 20.7 Å². The fraction of sp³-hybridized carbons (Fsp3) is 0.250. The number of phenols is 2. The Kier molecular flexibility index (Phi) is 2.43. The number of halogens is 1. The van der Waals surface area contributed by atoms with Crippen LogP contribution < -0.4 is 10.5 Å². The Morgan fingerprint density at radius 2 is 1.85 bits per heavy atom. The minimum absolute atomic E-state index is 0.0440. The molecular formula is C8H10ClNO3. The van der Waals surface area contributed by atoms with Crippen LogP contribution in [0.1, 0.15) is 5.56 Å². The Morgan fingerprint density at radius 3 is 2.31 bits per heavy atom. The van der Waals surface area contributed by atoms with Gasteiger partial charge in [-0.05, 0) is 6.92 Å². The molecule has 0 radical (unpaired) electrons. The quantitative estimate of drug-likeness (QED) is 0.479. The van der Waals surface area contributed by atoms with Gasteiger partial charge in [0.05, 0.1) is 17.8 Å². The third-order valence-electron chi connectivity index (χ3n) is 1.80. The molecular weight excluding hydrogens is 194 g/mol. The summed E-state index contributed by atoms with van der Waals surface area (Å²) in [4.78, 5) is 0. The number of hydrogen-bond donors (Lipinski definition) is 3. The number of aromatic hydroxyl groups is 2. The number of methoxy groups -OCH3 is 1. The van der Waals surface area contributed by atoms with E-state index in [4.69, 9.17) is 22.1 Å². The first-order valence-electron chi connectivity index (χ1n) is 3.54. The molecule has 5 heteroatoms. The van der Waals surface area contributed by atoms with Crippen LogP contribution in [0.4, 0.5) is 5.69 Å². The second-order valence-corrected chi connectivity index (χ2v) is 2.96. The number of anilines is 1. The van der Waals surface area contributed by atoms with Crippen LogP contribution in [-0.2, 0) is 0 Å². The van der Waals surface area contributed by atoms with Gasteiger partial charge in [-0.3, -0.25) is 0 Å². The molecule has 0 spiro atoms. The van der Waals surface area contributed by atoms with Crippen molar-refractivity contribution in [1.29, 1.82) is 0 Å². The van der Waals surface area contributed by atoms with E-state index in [-0.39, 0.29) is 22.2 Å². The zero-order valence-electron chi connectivity index (χ0n) is 7.26. The average Bonchev–Trinajstić information content (AvgIpc) is 2.13. The Balaban J connectivity index is 3.56. The lowest BCUT2D eigenvalue weighted by molar-refractivity contribution is 0.350. The van der Waals surface area contributed by atoms with Crippen LogP contribution >= 0.6 is 11.6 Å². The summed E-state index contributed by atoms with van der Waals surface area (Å²) >= 11 is 5.76. The third-order valence-corrected chi connectivity index (χ3v) is 2.29. The van der Waals surface area contributed by atoms with Crippen LogP contribution in [0.25, 0.3) is 0 Å². The second kappa shape index (κ2) is 3.22. The zero-order chi connectivity index (χ0) is 10.2. The summed E-state index contributed by atoms with van der Waals surface area (Å²) in [7, 11) is 1.37. The first kappa shape index (κ1) is 9.80. The van der Waals surface area contributed by atoms with Gasteiger partial charge in [0.2, 0.25) is 5.75 Å². The lowest BCUT2D eigenvalue weighted by atomic mass is 10.1. The Hall–Kier alpha value is -1.29. The molecule has 4 N–H and O–H groups in total. The molecule has 0 fully saturated rings. The smallest absolute Gasteiger partial charge is 0.203 e. The molecule has 13 heavy (non-hydrogen) atoms. The van der Waals surface area contributed by atoms with E-state index in [0.717, 1.165) is 0 Å². The molecule has 0 aliphatic heterocycles. The number of phenolic OH excluding ortho intramolecular Hbond substituents is 2. The van der Waals surface area contributed by atoms with E-state index in [9.17, 15) is 10.2 Å². The highest BCUT2D eigenvalue weighted by molar-refractivity contribution is 6.34. The minimum atomic E-state index is -0.451. The lowest BCUT2D eigenvalue weighted by Gasteiger charge is -2.12. The summed E-state index contributed by atoms with van der Waals surface area (Å²) < 4.78 is 4.84. The fourth-order valence-electron chi connectivity index (χ4n) is 1.07. The monoisotopic (exact) mass is 203 g/mol. The molecule has 0 aliphatic carbocycles. The molecule has 0 aromatic heterocycles. The Morgan fingerprint density at radius 1 is 1.31 bits per heavy atom. The molecule has 0 amide bonds. The van der Waals surface area contributed by atoms with Gasteiger partial charge in [-0.2, -0.15) is 0 Å². The van der Waals surface area contributed by atoms with Crippen LogP contribution in [0.15, 0.2) is 0 Å². The van der Waals surface area contributed by atoms with Gasteiger partial charge >= 0.3 is 0 Å². The summed E-state index contributed by atoms with van der Waals surface area (Å²) in [6.45, 7) is 1.64. The van der Waals surface area contributed by atoms with Crippen molar-refractivity contribution in [3.63, 3.8) is 0 Å². The van der Waals surface area contributed by atoms with E-state index in [0.29, 0.717) is 5.56 Å². The van der Waals surface area contributed by atoms with Gasteiger partial charge in [-0.25, -0.2) is 0 Å². The third kappa shape index (κ3) is 1.33. The zero-order valence-corrected chi connectivity index (χ0v) is 8.01. The molecule has 0 bridgehead atoms. The van der Waals surface area contributed by atoms with E-state index in [2.05, 4.69) is 0 Å². The standard InChI is InChI=1S/C8H10ClNO3/c1-3-4(9)5(10)6(11)7(12)8(3)13-2/h11-12H,10H2,1-2H3. The molecule has 1 rings (SSSR count). The average molecular weight is 204 g/mol. The van der Waals surface area contributed by atoms with Crippen LogP contribution in [0.2, 0.25) is 5.02 Å². The number of nitrogen functional groups attached to an aromatic ring is 1. The number of hydrogen-bond acceptors (Lipinski definition) is 4. The molecule has 0 saturated carbocycles. The van der Waals surface area contributed by atoms with Crippen molar-refractivity contribution in [1.82, 2.24) is 0 Å². The van der Waals surface area contributed by atoms with Crippen LogP contribution in [0.5, 0.6) is 17.2 Å². The highest BCUT2D eigenvalue weighted by atomic mass is 35.5. The highest BCUT2D eigenvalue weighted by Crippen LogP contribution is 2.47. The van der Waals surface area contributed by atoms with Gasteiger partial charge in [0.15, 0.2) is 11.5 Å². The number of rotatable bonds is 1. The molecule has 1 aromatic carbocycles. The van der Waals surface area contributed by atoms with Crippen molar-refractivity contribution in [3.8, 4) is 17.2 Å². The summed E-state index contributed by atoms with van der Waals surface area (Å²) in [5.41, 5.74) is 5.86. The predicted octanol–water partition coefficient (Wildman–Crippen LogP) is 1.65. The molecule has 4 nitrogen and oxygen atoms in total. The molecule has 72 valence electrons. The molecule has 0 saturated heterocycles.